The van der Waals surface area contributed by atoms with Crippen LogP contribution in [-0.2, 0) is 6.54 Å². The third kappa shape index (κ3) is 2.34. The van der Waals surface area contributed by atoms with E-state index in [1.165, 1.54) is 0 Å². The van der Waals surface area contributed by atoms with Crippen LogP contribution in [0.5, 0.6) is 0 Å². The molecule has 4 heteroatoms. The van der Waals surface area contributed by atoms with Crippen molar-refractivity contribution in [2.75, 3.05) is 26.4 Å². The molecule has 0 unspecified atom stereocenters. The molecule has 0 saturated carbocycles. The molecule has 0 saturated heterocycles. The summed E-state index contributed by atoms with van der Waals surface area (Å²) in [6, 6.07) is 6.01. The topological polar surface area (TPSA) is 47.1 Å². The van der Waals surface area contributed by atoms with Gasteiger partial charge in [0.15, 0.2) is 0 Å². The second kappa shape index (κ2) is 4.98. The van der Waals surface area contributed by atoms with E-state index in [1.54, 1.807) is 0 Å². The summed E-state index contributed by atoms with van der Waals surface area (Å²) >= 11 is 0. The number of fused-ring (bicyclic) bond motifs is 1. The molecule has 2 rings (SSSR count). The zero-order valence-electron chi connectivity index (χ0n) is 11.6. The Morgan fingerprint density at radius 1 is 1.33 bits per heavy atom. The number of nitrogens with zero attached hydrogens (tertiary/aromatic N) is 3. The summed E-state index contributed by atoms with van der Waals surface area (Å²) in [4.78, 5) is 6.89. The molecule has 2 N–H and O–H groups in total. The van der Waals surface area contributed by atoms with E-state index >= 15 is 0 Å². The minimum Gasteiger partial charge on any atom is -0.397 e. The Morgan fingerprint density at radius 2 is 2.06 bits per heavy atom. The summed E-state index contributed by atoms with van der Waals surface area (Å²) in [5.74, 6) is 1.52. The van der Waals surface area contributed by atoms with Gasteiger partial charge in [0.1, 0.15) is 11.3 Å². The molecule has 0 radical (unpaired) electrons. The third-order valence-corrected chi connectivity index (χ3v) is 3.13. The molecular formula is C14H22N4. The van der Waals surface area contributed by atoms with Crippen molar-refractivity contribution in [2.45, 2.75) is 26.3 Å². The first kappa shape index (κ1) is 12.9. The van der Waals surface area contributed by atoms with Crippen LogP contribution >= 0.6 is 0 Å². The zero-order chi connectivity index (χ0) is 13.3. The maximum absolute atomic E-state index is 6.01. The van der Waals surface area contributed by atoms with Gasteiger partial charge in [-0.2, -0.15) is 0 Å². The van der Waals surface area contributed by atoms with Gasteiger partial charge < -0.3 is 15.2 Å². The second-order valence-corrected chi connectivity index (χ2v) is 5.29. The average molecular weight is 246 g/mol. The number of nitrogen functional groups attached to an aromatic ring is 1. The van der Waals surface area contributed by atoms with E-state index in [1.807, 2.05) is 12.1 Å². The van der Waals surface area contributed by atoms with Gasteiger partial charge in [0.25, 0.3) is 0 Å². The van der Waals surface area contributed by atoms with Gasteiger partial charge in [0, 0.05) is 19.0 Å². The van der Waals surface area contributed by atoms with Crippen LogP contribution < -0.4 is 5.73 Å². The third-order valence-electron chi connectivity index (χ3n) is 3.13. The van der Waals surface area contributed by atoms with Crippen molar-refractivity contribution in [3.63, 3.8) is 0 Å². The Labute approximate surface area is 108 Å². The Kier molecular flexibility index (Phi) is 3.57. The molecule has 0 bridgehead atoms. The molecule has 0 amide bonds. The lowest BCUT2D eigenvalue weighted by Gasteiger charge is -2.14. The highest BCUT2D eigenvalue weighted by atomic mass is 15.1. The molecule has 0 atom stereocenters. The number of likely N-dealkylation sites (N-methyl/N-ethyl adjacent to an activating group) is 1. The van der Waals surface area contributed by atoms with E-state index in [2.05, 4.69) is 43.5 Å². The predicted octanol–water partition coefficient (Wildman–Crippen LogP) is 2.30. The highest BCUT2D eigenvalue weighted by molar-refractivity contribution is 5.87. The van der Waals surface area contributed by atoms with E-state index in [-0.39, 0.29) is 0 Å². The van der Waals surface area contributed by atoms with Gasteiger partial charge in [-0.05, 0) is 26.2 Å². The van der Waals surface area contributed by atoms with Gasteiger partial charge in [-0.25, -0.2) is 4.98 Å². The van der Waals surface area contributed by atoms with Crippen molar-refractivity contribution >= 4 is 16.7 Å². The van der Waals surface area contributed by atoms with E-state index in [0.717, 1.165) is 35.6 Å². The number of hydrogen-bond acceptors (Lipinski definition) is 3. The Balaban J connectivity index is 2.52. The van der Waals surface area contributed by atoms with Crippen LogP contribution in [0.1, 0.15) is 25.6 Å². The molecule has 0 spiro atoms. The van der Waals surface area contributed by atoms with Crippen molar-refractivity contribution in [1.29, 1.82) is 0 Å². The smallest absolute Gasteiger partial charge is 0.112 e. The predicted molar refractivity (Wildman–Crippen MR) is 76.8 cm³/mol. The van der Waals surface area contributed by atoms with Crippen LogP contribution in [0.3, 0.4) is 0 Å². The number of imidazole rings is 1. The van der Waals surface area contributed by atoms with Crippen molar-refractivity contribution in [2.24, 2.45) is 0 Å². The van der Waals surface area contributed by atoms with Crippen molar-refractivity contribution in [3.8, 4) is 0 Å². The monoisotopic (exact) mass is 246 g/mol. The van der Waals surface area contributed by atoms with Crippen molar-refractivity contribution in [3.05, 3.63) is 24.0 Å². The lowest BCUT2D eigenvalue weighted by atomic mass is 10.2. The van der Waals surface area contributed by atoms with Crippen LogP contribution in [0.4, 0.5) is 5.69 Å². The molecule has 1 heterocycles. The minimum atomic E-state index is 0.402. The molecule has 4 nitrogen and oxygen atoms in total. The second-order valence-electron chi connectivity index (χ2n) is 5.29. The number of para-hydroxylation sites is 1. The normalized spacial score (nSPS) is 11.9. The van der Waals surface area contributed by atoms with Crippen LogP contribution in [0.25, 0.3) is 11.0 Å². The molecular weight excluding hydrogens is 224 g/mol. The maximum atomic E-state index is 6.01. The number of rotatable bonds is 4. The molecule has 0 aliphatic carbocycles. The van der Waals surface area contributed by atoms with Gasteiger partial charge in [-0.3, -0.25) is 0 Å². The fourth-order valence-corrected chi connectivity index (χ4v) is 2.16. The van der Waals surface area contributed by atoms with E-state index in [4.69, 9.17) is 10.7 Å². The summed E-state index contributed by atoms with van der Waals surface area (Å²) in [6.45, 7) is 6.29. The first-order valence-corrected chi connectivity index (χ1v) is 6.40. The number of anilines is 1. The Morgan fingerprint density at radius 3 is 2.67 bits per heavy atom. The molecule has 1 aromatic carbocycles. The van der Waals surface area contributed by atoms with E-state index < -0.39 is 0 Å². The first-order valence-electron chi connectivity index (χ1n) is 6.40. The Hall–Kier alpha value is -1.55. The Bertz CT molecular complexity index is 540. The fraction of sp³-hybridized carbons (Fsp3) is 0.500. The van der Waals surface area contributed by atoms with Crippen LogP contribution in [-0.4, -0.2) is 35.1 Å². The first-order chi connectivity index (χ1) is 8.50. The van der Waals surface area contributed by atoms with E-state index in [9.17, 15) is 0 Å². The van der Waals surface area contributed by atoms with Gasteiger partial charge in [0.2, 0.25) is 0 Å². The fourth-order valence-electron chi connectivity index (χ4n) is 2.16. The van der Waals surface area contributed by atoms with Crippen LogP contribution in [0, 0.1) is 0 Å². The number of nitrogens with two attached hydrogens (primary N) is 1. The summed E-state index contributed by atoms with van der Waals surface area (Å²) in [5, 5.41) is 0. The summed E-state index contributed by atoms with van der Waals surface area (Å²) in [5.41, 5.74) is 8.84. The van der Waals surface area contributed by atoms with Crippen LogP contribution in [0.15, 0.2) is 18.2 Å². The number of benzene rings is 1. The minimum absolute atomic E-state index is 0.402. The molecule has 2 aromatic rings. The summed E-state index contributed by atoms with van der Waals surface area (Å²) < 4.78 is 2.29. The molecule has 98 valence electrons. The van der Waals surface area contributed by atoms with Gasteiger partial charge >= 0.3 is 0 Å². The highest BCUT2D eigenvalue weighted by Crippen LogP contribution is 2.25. The lowest BCUT2D eigenvalue weighted by molar-refractivity contribution is 0.382. The van der Waals surface area contributed by atoms with Gasteiger partial charge in [-0.15, -0.1) is 0 Å². The highest BCUT2D eigenvalue weighted by Gasteiger charge is 2.14. The average Bonchev–Trinajstić information content (AvgIpc) is 2.66. The van der Waals surface area contributed by atoms with Gasteiger partial charge in [-0.1, -0.05) is 19.9 Å². The summed E-state index contributed by atoms with van der Waals surface area (Å²) in [6.07, 6.45) is 0. The summed E-state index contributed by atoms with van der Waals surface area (Å²) in [7, 11) is 4.17. The quantitative estimate of drug-likeness (QED) is 0.842. The standard InChI is InChI=1S/C14H22N4/c1-10(2)14-16-13-11(15)6-5-7-12(13)18(14)9-8-17(3)4/h5-7,10H,8-9,15H2,1-4H3. The SMILES string of the molecule is CC(C)c1nc2c(N)cccc2n1CCN(C)C. The molecule has 1 aromatic heterocycles. The molecule has 0 aliphatic rings. The van der Waals surface area contributed by atoms with Crippen molar-refractivity contribution < 1.29 is 0 Å². The van der Waals surface area contributed by atoms with Crippen LogP contribution in [0.2, 0.25) is 0 Å². The largest absolute Gasteiger partial charge is 0.397 e. The molecule has 0 aliphatic heterocycles. The maximum Gasteiger partial charge on any atom is 0.112 e. The molecule has 0 fully saturated rings. The molecule has 18 heavy (non-hydrogen) atoms. The lowest BCUT2D eigenvalue weighted by Crippen LogP contribution is -2.19. The number of hydrogen-bond donors (Lipinski definition) is 1. The zero-order valence-corrected chi connectivity index (χ0v) is 11.6. The number of aromatic nitrogens is 2. The van der Waals surface area contributed by atoms with Crippen molar-refractivity contribution in [1.82, 2.24) is 14.5 Å². The van der Waals surface area contributed by atoms with Gasteiger partial charge in [0.05, 0.1) is 11.2 Å². The van der Waals surface area contributed by atoms with E-state index in [0.29, 0.717) is 5.92 Å².